The lowest BCUT2D eigenvalue weighted by molar-refractivity contribution is 0.610. The van der Waals surface area contributed by atoms with Crippen molar-refractivity contribution in [3.8, 4) is 0 Å². The smallest absolute Gasteiger partial charge is 0.181 e. The first-order valence-corrected chi connectivity index (χ1v) is 4.13. The molecule has 0 fully saturated rings. The van der Waals surface area contributed by atoms with Crippen molar-refractivity contribution in [1.29, 1.82) is 0 Å². The van der Waals surface area contributed by atoms with Crippen LogP contribution in [0.15, 0.2) is 29.3 Å². The lowest BCUT2D eigenvalue weighted by atomic mass is 10.4. The van der Waals surface area contributed by atoms with Gasteiger partial charge in [-0.3, -0.25) is 4.79 Å². The van der Waals surface area contributed by atoms with Crippen LogP contribution in [0.3, 0.4) is 0 Å². The van der Waals surface area contributed by atoms with Gasteiger partial charge >= 0.3 is 0 Å². The summed E-state index contributed by atoms with van der Waals surface area (Å²) in [7, 11) is 1.94. The summed E-state index contributed by atoms with van der Waals surface area (Å²) < 4.78 is 2.01. The molecule has 66 valence electrons. The van der Waals surface area contributed by atoms with Crippen molar-refractivity contribution in [3.05, 3.63) is 34.7 Å². The number of aromatic nitrogens is 1. The van der Waals surface area contributed by atoms with Crippen LogP contribution in [0.25, 0.3) is 0 Å². The van der Waals surface area contributed by atoms with E-state index in [1.165, 1.54) is 0 Å². The second kappa shape index (κ2) is 4.72. The standard InChI is InChI=1S/C9H14N2O/c1-10-5-2-6-11-7-3-9(12)4-8-11/h3-4,7-8,10H,2,5-6H2,1H3. The normalized spacial score (nSPS) is 10.1. The predicted octanol–water partition coefficient (Wildman–Crippen LogP) is 0.458. The molecule has 0 bridgehead atoms. The van der Waals surface area contributed by atoms with E-state index >= 15 is 0 Å². The minimum Gasteiger partial charge on any atom is -0.354 e. The number of aryl methyl sites for hydroxylation is 1. The molecule has 1 aromatic rings. The molecule has 0 aromatic carbocycles. The first-order valence-electron chi connectivity index (χ1n) is 4.13. The summed E-state index contributed by atoms with van der Waals surface area (Å²) in [6.45, 7) is 1.97. The number of nitrogens with zero attached hydrogens (tertiary/aromatic N) is 1. The van der Waals surface area contributed by atoms with Gasteiger partial charge in [0, 0.05) is 31.1 Å². The molecule has 0 radical (unpaired) electrons. The van der Waals surface area contributed by atoms with Gasteiger partial charge < -0.3 is 9.88 Å². The molecule has 0 amide bonds. The Kier molecular flexibility index (Phi) is 3.54. The van der Waals surface area contributed by atoms with E-state index in [-0.39, 0.29) is 5.43 Å². The Hall–Kier alpha value is -1.09. The maximum Gasteiger partial charge on any atom is 0.181 e. The number of rotatable bonds is 4. The molecule has 3 nitrogen and oxygen atoms in total. The van der Waals surface area contributed by atoms with E-state index in [0.717, 1.165) is 19.5 Å². The molecule has 0 spiro atoms. The molecule has 1 N–H and O–H groups in total. The zero-order chi connectivity index (χ0) is 8.81. The van der Waals surface area contributed by atoms with E-state index in [0.29, 0.717) is 0 Å². The highest BCUT2D eigenvalue weighted by molar-refractivity contribution is 4.93. The Morgan fingerprint density at radius 2 is 2.08 bits per heavy atom. The van der Waals surface area contributed by atoms with Gasteiger partial charge in [-0.25, -0.2) is 0 Å². The molecule has 0 aliphatic heterocycles. The monoisotopic (exact) mass is 166 g/mol. The van der Waals surface area contributed by atoms with Crippen LogP contribution < -0.4 is 10.7 Å². The summed E-state index contributed by atoms with van der Waals surface area (Å²) in [5.74, 6) is 0. The molecule has 0 saturated carbocycles. The van der Waals surface area contributed by atoms with Gasteiger partial charge in [0.05, 0.1) is 0 Å². The van der Waals surface area contributed by atoms with Crippen molar-refractivity contribution in [1.82, 2.24) is 9.88 Å². The number of pyridine rings is 1. The predicted molar refractivity (Wildman–Crippen MR) is 49.2 cm³/mol. The summed E-state index contributed by atoms with van der Waals surface area (Å²) in [5.41, 5.74) is 0.0693. The molecule has 0 aliphatic carbocycles. The molecule has 1 rings (SSSR count). The third-order valence-electron chi connectivity index (χ3n) is 1.70. The van der Waals surface area contributed by atoms with Crippen LogP contribution in [0.2, 0.25) is 0 Å². The number of hydrogen-bond donors (Lipinski definition) is 1. The molecule has 0 atom stereocenters. The van der Waals surface area contributed by atoms with Gasteiger partial charge in [-0.2, -0.15) is 0 Å². The van der Waals surface area contributed by atoms with Gasteiger partial charge in [0.1, 0.15) is 0 Å². The molecule has 1 heterocycles. The van der Waals surface area contributed by atoms with Crippen LogP contribution in [-0.4, -0.2) is 18.2 Å². The van der Waals surface area contributed by atoms with E-state index in [9.17, 15) is 4.79 Å². The average Bonchev–Trinajstić information content (AvgIpc) is 2.09. The van der Waals surface area contributed by atoms with Crippen molar-refractivity contribution in [3.63, 3.8) is 0 Å². The fraction of sp³-hybridized carbons (Fsp3) is 0.444. The topological polar surface area (TPSA) is 34.0 Å². The summed E-state index contributed by atoms with van der Waals surface area (Å²) >= 11 is 0. The Balaban J connectivity index is 2.42. The van der Waals surface area contributed by atoms with Crippen LogP contribution >= 0.6 is 0 Å². The first kappa shape index (κ1) is 9.00. The van der Waals surface area contributed by atoms with Crippen molar-refractivity contribution < 1.29 is 0 Å². The summed E-state index contributed by atoms with van der Waals surface area (Å²) in [4.78, 5) is 10.7. The Morgan fingerprint density at radius 1 is 1.42 bits per heavy atom. The van der Waals surface area contributed by atoms with Crippen molar-refractivity contribution in [2.24, 2.45) is 0 Å². The molecule has 0 saturated heterocycles. The molecule has 1 aromatic heterocycles. The van der Waals surface area contributed by atoms with Crippen molar-refractivity contribution >= 4 is 0 Å². The highest BCUT2D eigenvalue weighted by atomic mass is 16.1. The maximum absolute atomic E-state index is 10.7. The van der Waals surface area contributed by atoms with E-state index in [1.807, 2.05) is 24.0 Å². The highest BCUT2D eigenvalue weighted by Crippen LogP contribution is 1.87. The van der Waals surface area contributed by atoms with Crippen LogP contribution in [0.1, 0.15) is 6.42 Å². The molecule has 0 unspecified atom stereocenters. The molecule has 12 heavy (non-hydrogen) atoms. The van der Waals surface area contributed by atoms with Gasteiger partial charge in [0.2, 0.25) is 0 Å². The minimum atomic E-state index is 0.0693. The lowest BCUT2D eigenvalue weighted by Crippen LogP contribution is -2.11. The quantitative estimate of drug-likeness (QED) is 0.659. The molecular weight excluding hydrogens is 152 g/mol. The van der Waals surface area contributed by atoms with Crippen LogP contribution in [0.4, 0.5) is 0 Å². The van der Waals surface area contributed by atoms with E-state index in [1.54, 1.807) is 12.1 Å². The lowest BCUT2D eigenvalue weighted by Gasteiger charge is -2.03. The van der Waals surface area contributed by atoms with E-state index in [2.05, 4.69) is 5.32 Å². The highest BCUT2D eigenvalue weighted by Gasteiger charge is 1.87. The SMILES string of the molecule is CNCCCn1ccc(=O)cc1. The van der Waals surface area contributed by atoms with Gasteiger partial charge in [-0.05, 0) is 20.0 Å². The first-order chi connectivity index (χ1) is 5.83. The average molecular weight is 166 g/mol. The zero-order valence-corrected chi connectivity index (χ0v) is 7.29. The number of nitrogens with one attached hydrogen (secondary N) is 1. The second-order valence-corrected chi connectivity index (χ2v) is 2.73. The second-order valence-electron chi connectivity index (χ2n) is 2.73. The minimum absolute atomic E-state index is 0.0693. The molecule has 0 aliphatic rings. The Morgan fingerprint density at radius 3 is 2.67 bits per heavy atom. The molecular formula is C9H14N2O. The fourth-order valence-electron chi connectivity index (χ4n) is 1.03. The van der Waals surface area contributed by atoms with Crippen molar-refractivity contribution in [2.45, 2.75) is 13.0 Å². The largest absolute Gasteiger partial charge is 0.354 e. The van der Waals surface area contributed by atoms with Gasteiger partial charge in [0.25, 0.3) is 0 Å². The fourth-order valence-corrected chi connectivity index (χ4v) is 1.03. The third kappa shape index (κ3) is 2.88. The van der Waals surface area contributed by atoms with Crippen LogP contribution in [0, 0.1) is 0 Å². The van der Waals surface area contributed by atoms with Crippen molar-refractivity contribution in [2.75, 3.05) is 13.6 Å². The van der Waals surface area contributed by atoms with E-state index < -0.39 is 0 Å². The Bertz CT molecular complexity index is 260. The van der Waals surface area contributed by atoms with Gasteiger partial charge in [0.15, 0.2) is 5.43 Å². The third-order valence-corrected chi connectivity index (χ3v) is 1.70. The van der Waals surface area contributed by atoms with Gasteiger partial charge in [-0.15, -0.1) is 0 Å². The summed E-state index contributed by atoms with van der Waals surface area (Å²) in [6, 6.07) is 3.17. The molecule has 3 heteroatoms. The van der Waals surface area contributed by atoms with E-state index in [4.69, 9.17) is 0 Å². The maximum atomic E-state index is 10.7. The summed E-state index contributed by atoms with van der Waals surface area (Å²) in [6.07, 6.45) is 4.72. The summed E-state index contributed by atoms with van der Waals surface area (Å²) in [5, 5.41) is 3.07. The van der Waals surface area contributed by atoms with Crippen LogP contribution in [-0.2, 0) is 6.54 Å². The zero-order valence-electron chi connectivity index (χ0n) is 7.29. The van der Waals surface area contributed by atoms with Crippen LogP contribution in [0.5, 0.6) is 0 Å². The number of hydrogen-bond acceptors (Lipinski definition) is 2. The van der Waals surface area contributed by atoms with Gasteiger partial charge in [-0.1, -0.05) is 0 Å². The Labute approximate surface area is 72.0 Å².